The van der Waals surface area contributed by atoms with E-state index in [1.165, 1.54) is 50.1 Å². The van der Waals surface area contributed by atoms with E-state index in [9.17, 15) is 24.0 Å². The van der Waals surface area contributed by atoms with Gasteiger partial charge in [-0.2, -0.15) is 0 Å². The fourth-order valence-electron chi connectivity index (χ4n) is 9.54. The van der Waals surface area contributed by atoms with Crippen LogP contribution in [0.5, 0.6) is 5.75 Å². The minimum atomic E-state index is -1.00. The molecule has 2 aliphatic heterocycles. The van der Waals surface area contributed by atoms with Gasteiger partial charge in [0.2, 0.25) is 17.7 Å². The molecule has 1 saturated heterocycles. The molecule has 5 aliphatic rings. The number of aryl methyl sites for hydroxylation is 2. The van der Waals surface area contributed by atoms with Gasteiger partial charge in [0, 0.05) is 55.8 Å². The second-order valence-electron chi connectivity index (χ2n) is 17.4. The molecular formula is C52H56N4O7. The summed E-state index contributed by atoms with van der Waals surface area (Å²) in [6.45, 7) is 13.0. The topological polar surface area (TPSA) is 143 Å². The van der Waals surface area contributed by atoms with Crippen molar-refractivity contribution < 1.29 is 33.4 Å². The van der Waals surface area contributed by atoms with Gasteiger partial charge in [-0.25, -0.2) is 0 Å². The molecule has 11 heteroatoms. The quantitative estimate of drug-likeness (QED) is 0.0958. The van der Waals surface area contributed by atoms with Crippen LogP contribution in [0.15, 0.2) is 112 Å². The fraction of sp³-hybridized carbons (Fsp3) is 0.365. The Morgan fingerprint density at radius 1 is 0.857 bits per heavy atom. The van der Waals surface area contributed by atoms with Gasteiger partial charge in [-0.1, -0.05) is 70.8 Å². The second-order valence-corrected chi connectivity index (χ2v) is 17.4. The van der Waals surface area contributed by atoms with E-state index in [0.29, 0.717) is 44.9 Å². The molecule has 0 radical (unpaired) electrons. The van der Waals surface area contributed by atoms with Crippen LogP contribution < -0.4 is 20.7 Å². The number of carbonyl (C=O) groups is 5. The number of anilines is 2. The van der Waals surface area contributed by atoms with Gasteiger partial charge in [-0.3, -0.25) is 34.2 Å². The zero-order valence-electron chi connectivity index (χ0n) is 36.8. The molecule has 5 amide bonds. The molecule has 0 spiro atoms. The smallest absolute Gasteiger partial charge is 0.264 e. The average Bonchev–Trinajstić information content (AvgIpc) is 3.83. The largest absolute Gasteiger partial charge is 0.494 e. The standard InChI is InChI=1S/C52H56N4O7/c1-30-12-15-35(16-13-30)40-28-36(38-18-14-31(2)47(38)41-27-32(3)34(5)48(40)41)29-46(58)54-42-19-17-37(26-33(42)4)63-25-7-6-23-62-24-9-22-53-43-11-8-10-39-49(43)52(61)56(51(39)60)44-20-21-45(57)55-50(44)59/h8,10-19,26,28,36,44,47,53H,6-7,9,20-25,27,29H2,1-5H3,(H,54,58)(H,55,57,59). The average molecular weight is 849 g/mol. The van der Waals surface area contributed by atoms with E-state index in [0.717, 1.165) is 41.2 Å². The number of allylic oxidation sites excluding steroid dienone is 10. The third-order valence-electron chi connectivity index (χ3n) is 13.0. The third-order valence-corrected chi connectivity index (χ3v) is 13.0. The molecule has 3 aromatic carbocycles. The number of nitrogens with one attached hydrogen (secondary N) is 3. The van der Waals surface area contributed by atoms with Crippen molar-refractivity contribution in [1.29, 1.82) is 0 Å². The van der Waals surface area contributed by atoms with Crippen molar-refractivity contribution in [3.05, 3.63) is 140 Å². The number of hydrogen-bond donors (Lipinski definition) is 3. The maximum absolute atomic E-state index is 13.8. The Bertz CT molecular complexity index is 2540. The first-order valence-electron chi connectivity index (χ1n) is 22.2. The van der Waals surface area contributed by atoms with Gasteiger partial charge >= 0.3 is 0 Å². The molecule has 3 atom stereocenters. The first-order chi connectivity index (χ1) is 30.4. The van der Waals surface area contributed by atoms with Crippen LogP contribution in [0, 0.1) is 25.7 Å². The number of hydrogen-bond acceptors (Lipinski definition) is 8. The Labute approximate surface area is 369 Å². The summed E-state index contributed by atoms with van der Waals surface area (Å²) in [5, 5.41) is 8.68. The first-order valence-corrected chi connectivity index (χ1v) is 22.2. The lowest BCUT2D eigenvalue weighted by Gasteiger charge is -2.27. The number of benzene rings is 3. The van der Waals surface area contributed by atoms with Crippen molar-refractivity contribution in [2.24, 2.45) is 11.8 Å². The minimum absolute atomic E-state index is 0.0182. The molecule has 3 unspecified atom stereocenters. The molecule has 8 rings (SSSR count). The maximum atomic E-state index is 13.8. The zero-order valence-corrected chi connectivity index (χ0v) is 36.8. The van der Waals surface area contributed by atoms with Gasteiger partial charge in [-0.15, -0.1) is 0 Å². The number of amides is 5. The molecule has 0 bridgehead atoms. The van der Waals surface area contributed by atoms with Crippen LogP contribution in [-0.4, -0.2) is 66.8 Å². The number of imide groups is 2. The van der Waals surface area contributed by atoms with Crippen molar-refractivity contribution in [1.82, 2.24) is 10.2 Å². The number of nitrogens with zero attached hydrogens (tertiary/aromatic N) is 1. The Morgan fingerprint density at radius 2 is 1.63 bits per heavy atom. The van der Waals surface area contributed by atoms with Crippen molar-refractivity contribution in [2.45, 2.75) is 85.6 Å². The molecule has 11 nitrogen and oxygen atoms in total. The summed E-state index contributed by atoms with van der Waals surface area (Å²) < 4.78 is 11.9. The van der Waals surface area contributed by atoms with E-state index in [2.05, 4.69) is 86.1 Å². The Kier molecular flexibility index (Phi) is 12.8. The normalized spacial score (nSPS) is 20.5. The third kappa shape index (κ3) is 8.97. The van der Waals surface area contributed by atoms with Crippen LogP contribution in [0.1, 0.15) is 103 Å². The number of unbranched alkanes of at least 4 members (excludes halogenated alkanes) is 1. The highest BCUT2D eigenvalue weighted by atomic mass is 16.5. The van der Waals surface area contributed by atoms with Crippen LogP contribution >= 0.6 is 0 Å². The van der Waals surface area contributed by atoms with Crippen LogP contribution in [-0.2, 0) is 19.1 Å². The molecule has 1 fully saturated rings. The molecule has 3 aliphatic carbocycles. The molecule has 63 heavy (non-hydrogen) atoms. The Hall–Kier alpha value is -6.33. The van der Waals surface area contributed by atoms with E-state index >= 15 is 0 Å². The number of piperidine rings is 1. The molecule has 2 heterocycles. The van der Waals surface area contributed by atoms with E-state index in [-0.39, 0.29) is 41.7 Å². The summed E-state index contributed by atoms with van der Waals surface area (Å²) in [4.78, 5) is 65.2. The lowest BCUT2D eigenvalue weighted by Crippen LogP contribution is -2.54. The molecule has 3 aromatic rings. The summed E-state index contributed by atoms with van der Waals surface area (Å²) in [5.74, 6) is -1.20. The van der Waals surface area contributed by atoms with E-state index in [4.69, 9.17) is 9.47 Å². The van der Waals surface area contributed by atoms with Gasteiger partial charge in [-0.05, 0) is 130 Å². The van der Waals surface area contributed by atoms with Gasteiger partial charge in [0.05, 0.1) is 17.7 Å². The van der Waals surface area contributed by atoms with Gasteiger partial charge in [0.15, 0.2) is 0 Å². The molecule has 326 valence electrons. The number of carbonyl (C=O) groups excluding carboxylic acids is 5. The van der Waals surface area contributed by atoms with Crippen molar-refractivity contribution in [3.8, 4) is 5.75 Å². The number of rotatable bonds is 16. The zero-order chi connectivity index (χ0) is 44.4. The summed E-state index contributed by atoms with van der Waals surface area (Å²) in [6, 6.07) is 18.6. The molecule has 0 saturated carbocycles. The molecular weight excluding hydrogens is 793 g/mol. The van der Waals surface area contributed by atoms with Gasteiger partial charge in [0.25, 0.3) is 11.8 Å². The van der Waals surface area contributed by atoms with Crippen LogP contribution in [0.2, 0.25) is 0 Å². The van der Waals surface area contributed by atoms with E-state index in [1.807, 2.05) is 25.1 Å². The van der Waals surface area contributed by atoms with Crippen molar-refractivity contribution in [3.63, 3.8) is 0 Å². The Morgan fingerprint density at radius 3 is 2.41 bits per heavy atom. The van der Waals surface area contributed by atoms with Gasteiger partial charge < -0.3 is 20.1 Å². The SMILES string of the molecule is CC1=CC=C2C(CC(=O)Nc3ccc(OCCCCOCCCNc4cccc5c4C(=O)N(C4CCC(=O)NC4=O)C5=O)cc3C)C=C(c3ccc(C)cc3)C3=C(CC(C)=C3C)C12. The van der Waals surface area contributed by atoms with E-state index in [1.54, 1.807) is 18.2 Å². The summed E-state index contributed by atoms with van der Waals surface area (Å²) in [7, 11) is 0. The minimum Gasteiger partial charge on any atom is -0.494 e. The van der Waals surface area contributed by atoms with Crippen molar-refractivity contribution in [2.75, 3.05) is 37.0 Å². The predicted octanol–water partition coefficient (Wildman–Crippen LogP) is 8.96. The lowest BCUT2D eigenvalue weighted by molar-refractivity contribution is -0.136. The van der Waals surface area contributed by atoms with Gasteiger partial charge in [0.1, 0.15) is 11.8 Å². The lowest BCUT2D eigenvalue weighted by atomic mass is 9.80. The summed E-state index contributed by atoms with van der Waals surface area (Å²) >= 11 is 0. The summed E-state index contributed by atoms with van der Waals surface area (Å²) in [5.41, 5.74) is 14.6. The number of fused-ring (bicyclic) bond motifs is 3. The van der Waals surface area contributed by atoms with Crippen LogP contribution in [0.25, 0.3) is 5.57 Å². The predicted molar refractivity (Wildman–Crippen MR) is 244 cm³/mol. The highest BCUT2D eigenvalue weighted by Crippen LogP contribution is 2.52. The first kappa shape index (κ1) is 43.3. The molecule has 0 aromatic heterocycles. The van der Waals surface area contributed by atoms with Crippen LogP contribution in [0.4, 0.5) is 11.4 Å². The maximum Gasteiger partial charge on any atom is 0.264 e. The molecule has 3 N–H and O–H groups in total. The summed E-state index contributed by atoms with van der Waals surface area (Å²) in [6.07, 6.45) is 10.6. The van der Waals surface area contributed by atoms with Crippen LogP contribution in [0.3, 0.4) is 0 Å². The number of ether oxygens (including phenoxy) is 2. The van der Waals surface area contributed by atoms with E-state index < -0.39 is 29.7 Å². The Balaban J connectivity index is 0.774. The highest BCUT2D eigenvalue weighted by molar-refractivity contribution is 6.25. The highest BCUT2D eigenvalue weighted by Gasteiger charge is 2.45. The fourth-order valence-corrected chi connectivity index (χ4v) is 9.54. The van der Waals surface area contributed by atoms with Crippen molar-refractivity contribution >= 4 is 46.5 Å². The second kappa shape index (κ2) is 18.6. The monoisotopic (exact) mass is 848 g/mol.